The fourth-order valence-electron chi connectivity index (χ4n) is 2.47. The van der Waals surface area contributed by atoms with E-state index < -0.39 is 0 Å². The highest BCUT2D eigenvalue weighted by atomic mass is 32.2. The van der Waals surface area contributed by atoms with Gasteiger partial charge in [0.25, 0.3) is 0 Å². The van der Waals surface area contributed by atoms with E-state index in [1.807, 2.05) is 23.7 Å². The van der Waals surface area contributed by atoms with Crippen LogP contribution >= 0.6 is 11.8 Å². The van der Waals surface area contributed by atoms with Gasteiger partial charge >= 0.3 is 0 Å². The lowest BCUT2D eigenvalue weighted by Gasteiger charge is -2.12. The standard InChI is InChI=1S/C13H17N5S/c1-9-11(14)7-4-8-12(9)19-13-15-16-17-18(13)10-5-2-3-6-10/h4,7-8,10H,2-3,5-6,14H2,1H3. The first-order valence-corrected chi connectivity index (χ1v) is 7.38. The van der Waals surface area contributed by atoms with Crippen LogP contribution < -0.4 is 5.73 Å². The first kappa shape index (κ1) is 12.5. The van der Waals surface area contributed by atoms with E-state index in [0.29, 0.717) is 6.04 Å². The molecule has 5 nitrogen and oxygen atoms in total. The van der Waals surface area contributed by atoms with Crippen molar-refractivity contribution in [3.05, 3.63) is 23.8 Å². The molecule has 1 heterocycles. The summed E-state index contributed by atoms with van der Waals surface area (Å²) in [5.41, 5.74) is 7.84. The van der Waals surface area contributed by atoms with Gasteiger partial charge in [0.15, 0.2) is 0 Å². The topological polar surface area (TPSA) is 69.6 Å². The maximum Gasteiger partial charge on any atom is 0.214 e. The minimum atomic E-state index is 0.457. The minimum absolute atomic E-state index is 0.457. The largest absolute Gasteiger partial charge is 0.398 e. The normalized spacial score (nSPS) is 16.1. The second kappa shape index (κ2) is 5.21. The molecule has 1 fully saturated rings. The van der Waals surface area contributed by atoms with Crippen molar-refractivity contribution in [1.29, 1.82) is 0 Å². The maximum absolute atomic E-state index is 5.94. The Morgan fingerprint density at radius 1 is 1.32 bits per heavy atom. The Labute approximate surface area is 116 Å². The van der Waals surface area contributed by atoms with Gasteiger partial charge in [0.1, 0.15) is 0 Å². The zero-order valence-electron chi connectivity index (χ0n) is 10.9. The molecule has 1 aliphatic rings. The predicted molar refractivity (Wildman–Crippen MR) is 75.0 cm³/mol. The van der Waals surface area contributed by atoms with E-state index in [1.165, 1.54) is 25.7 Å². The molecule has 0 radical (unpaired) electrons. The van der Waals surface area contributed by atoms with Gasteiger partial charge in [-0.15, -0.1) is 5.10 Å². The molecule has 6 heteroatoms. The molecule has 0 bridgehead atoms. The van der Waals surface area contributed by atoms with Gasteiger partial charge in [-0.25, -0.2) is 4.68 Å². The Balaban J connectivity index is 1.87. The monoisotopic (exact) mass is 275 g/mol. The summed E-state index contributed by atoms with van der Waals surface area (Å²) in [6.45, 7) is 2.03. The minimum Gasteiger partial charge on any atom is -0.398 e. The second-order valence-corrected chi connectivity index (χ2v) is 5.93. The highest BCUT2D eigenvalue weighted by Gasteiger charge is 2.22. The van der Waals surface area contributed by atoms with Crippen molar-refractivity contribution < 1.29 is 0 Å². The van der Waals surface area contributed by atoms with Crippen LogP contribution in [-0.2, 0) is 0 Å². The lowest BCUT2D eigenvalue weighted by Crippen LogP contribution is -2.08. The fourth-order valence-corrected chi connectivity index (χ4v) is 3.44. The third-order valence-corrected chi connectivity index (χ3v) is 4.77. The van der Waals surface area contributed by atoms with Crippen molar-refractivity contribution in [2.45, 2.75) is 48.7 Å². The van der Waals surface area contributed by atoms with Gasteiger partial charge in [-0.1, -0.05) is 18.9 Å². The van der Waals surface area contributed by atoms with Gasteiger partial charge < -0.3 is 5.73 Å². The first-order valence-electron chi connectivity index (χ1n) is 6.56. The Kier molecular flexibility index (Phi) is 3.42. The highest BCUT2D eigenvalue weighted by Crippen LogP contribution is 2.35. The van der Waals surface area contributed by atoms with Crippen molar-refractivity contribution in [2.24, 2.45) is 0 Å². The molecule has 1 aromatic heterocycles. The molecular formula is C13H17N5S. The maximum atomic E-state index is 5.94. The Morgan fingerprint density at radius 3 is 2.89 bits per heavy atom. The smallest absolute Gasteiger partial charge is 0.214 e. The van der Waals surface area contributed by atoms with Gasteiger partial charge in [-0.05, 0) is 59.7 Å². The summed E-state index contributed by atoms with van der Waals surface area (Å²) in [5.74, 6) is 0. The average Bonchev–Trinajstić information content (AvgIpc) is 3.05. The second-order valence-electron chi connectivity index (χ2n) is 4.92. The number of rotatable bonds is 3. The van der Waals surface area contributed by atoms with Crippen molar-refractivity contribution >= 4 is 17.4 Å². The summed E-state index contributed by atoms with van der Waals surface area (Å²) in [6, 6.07) is 6.40. The SMILES string of the molecule is Cc1c(N)cccc1Sc1nnnn1C1CCCC1. The van der Waals surface area contributed by atoms with Gasteiger partial charge in [-0.3, -0.25) is 0 Å². The molecule has 1 aliphatic carbocycles. The zero-order valence-corrected chi connectivity index (χ0v) is 11.7. The molecule has 0 atom stereocenters. The van der Waals surface area contributed by atoms with E-state index in [4.69, 9.17) is 5.73 Å². The van der Waals surface area contributed by atoms with Crippen LogP contribution in [0.1, 0.15) is 37.3 Å². The molecule has 0 unspecified atom stereocenters. The number of nitrogen functional groups attached to an aromatic ring is 1. The van der Waals surface area contributed by atoms with E-state index >= 15 is 0 Å². The Hall–Kier alpha value is -1.56. The molecule has 100 valence electrons. The van der Waals surface area contributed by atoms with Gasteiger partial charge in [0.05, 0.1) is 6.04 Å². The van der Waals surface area contributed by atoms with Gasteiger partial charge in [-0.2, -0.15) is 0 Å². The van der Waals surface area contributed by atoms with Crippen molar-refractivity contribution in [2.75, 3.05) is 5.73 Å². The van der Waals surface area contributed by atoms with Crippen LogP contribution in [0.25, 0.3) is 0 Å². The third-order valence-electron chi connectivity index (χ3n) is 3.66. The summed E-state index contributed by atoms with van der Waals surface area (Å²) in [4.78, 5) is 1.12. The number of hydrogen-bond acceptors (Lipinski definition) is 5. The molecule has 0 amide bonds. The lowest BCUT2D eigenvalue weighted by molar-refractivity contribution is 0.423. The Morgan fingerprint density at radius 2 is 2.11 bits per heavy atom. The summed E-state index contributed by atoms with van der Waals surface area (Å²) in [6.07, 6.45) is 4.89. The van der Waals surface area contributed by atoms with Crippen molar-refractivity contribution in [3.63, 3.8) is 0 Å². The Bertz CT molecular complexity index is 574. The number of nitrogens with two attached hydrogens (primary N) is 1. The molecule has 2 N–H and O–H groups in total. The van der Waals surface area contributed by atoms with Crippen molar-refractivity contribution in [3.8, 4) is 0 Å². The van der Waals surface area contributed by atoms with Crippen LogP contribution in [0.15, 0.2) is 28.3 Å². The predicted octanol–water partition coefficient (Wildman–Crippen LogP) is 2.83. The zero-order chi connectivity index (χ0) is 13.2. The number of nitrogens with zero attached hydrogens (tertiary/aromatic N) is 4. The van der Waals surface area contributed by atoms with Crippen molar-refractivity contribution in [1.82, 2.24) is 20.2 Å². The first-order chi connectivity index (χ1) is 9.25. The molecule has 3 rings (SSSR count). The number of aromatic nitrogens is 4. The summed E-state index contributed by atoms with van der Waals surface area (Å²) >= 11 is 1.60. The van der Waals surface area contributed by atoms with E-state index in [2.05, 4.69) is 21.6 Å². The van der Waals surface area contributed by atoms with Gasteiger partial charge in [0.2, 0.25) is 5.16 Å². The average molecular weight is 275 g/mol. The van der Waals surface area contributed by atoms with Crippen LogP contribution in [0.3, 0.4) is 0 Å². The number of tetrazole rings is 1. The molecule has 0 aliphatic heterocycles. The van der Waals surface area contributed by atoms with E-state index in [1.54, 1.807) is 11.8 Å². The van der Waals surface area contributed by atoms with Crippen LogP contribution in [0.4, 0.5) is 5.69 Å². The van der Waals surface area contributed by atoms with Crippen LogP contribution in [0.5, 0.6) is 0 Å². The summed E-state index contributed by atoms with van der Waals surface area (Å²) < 4.78 is 1.97. The van der Waals surface area contributed by atoms with E-state index in [9.17, 15) is 0 Å². The number of hydrogen-bond donors (Lipinski definition) is 1. The third kappa shape index (κ3) is 2.45. The molecule has 1 saturated carbocycles. The highest BCUT2D eigenvalue weighted by molar-refractivity contribution is 7.99. The quantitative estimate of drug-likeness (QED) is 0.872. The van der Waals surface area contributed by atoms with Gasteiger partial charge in [0, 0.05) is 10.6 Å². The molecule has 2 aromatic rings. The number of anilines is 1. The lowest BCUT2D eigenvalue weighted by atomic mass is 10.2. The van der Waals surface area contributed by atoms with Crippen LogP contribution in [-0.4, -0.2) is 20.2 Å². The van der Waals surface area contributed by atoms with E-state index in [-0.39, 0.29) is 0 Å². The summed E-state index contributed by atoms with van der Waals surface area (Å²) in [5, 5.41) is 13.0. The molecule has 0 saturated heterocycles. The molecular weight excluding hydrogens is 258 g/mol. The van der Waals surface area contributed by atoms with E-state index in [0.717, 1.165) is 21.3 Å². The fraction of sp³-hybridized carbons (Fsp3) is 0.462. The van der Waals surface area contributed by atoms with Crippen LogP contribution in [0.2, 0.25) is 0 Å². The van der Waals surface area contributed by atoms with Crippen LogP contribution in [0, 0.1) is 6.92 Å². The molecule has 0 spiro atoms. The number of benzene rings is 1. The summed E-state index contributed by atoms with van der Waals surface area (Å²) in [7, 11) is 0. The molecule has 1 aromatic carbocycles. The molecule has 19 heavy (non-hydrogen) atoms.